The smallest absolute Gasteiger partial charge is 0.156 e. The molecule has 3 atom stereocenters. The van der Waals surface area contributed by atoms with Crippen LogP contribution in [0.1, 0.15) is 13.8 Å². The van der Waals surface area contributed by atoms with Crippen molar-refractivity contribution < 1.29 is 13.2 Å². The summed E-state index contributed by atoms with van der Waals surface area (Å²) in [7, 11) is -2.84. The zero-order valence-corrected chi connectivity index (χ0v) is 8.88. The summed E-state index contributed by atoms with van der Waals surface area (Å²) in [6.07, 6.45) is 0. The van der Waals surface area contributed by atoms with Crippen LogP contribution in [-0.4, -0.2) is 32.6 Å². The minimum atomic E-state index is -2.84. The summed E-state index contributed by atoms with van der Waals surface area (Å²) in [6, 6.07) is 0. The van der Waals surface area contributed by atoms with Crippen molar-refractivity contribution in [1.29, 1.82) is 0 Å². The first-order valence-electron chi connectivity index (χ1n) is 4.81. The Morgan fingerprint density at radius 2 is 2.00 bits per heavy atom. The molecule has 3 nitrogen and oxygen atoms in total. The van der Waals surface area contributed by atoms with E-state index in [0.717, 1.165) is 0 Å². The average molecular weight is 204 g/mol. The lowest BCUT2D eigenvalue weighted by molar-refractivity contribution is 0.165. The van der Waals surface area contributed by atoms with Crippen molar-refractivity contribution in [2.45, 2.75) is 19.1 Å². The maximum atomic E-state index is 11.7. The van der Waals surface area contributed by atoms with Crippen molar-refractivity contribution in [1.82, 2.24) is 0 Å². The summed E-state index contributed by atoms with van der Waals surface area (Å²) in [5.41, 5.74) is 0. The molecule has 2 aliphatic rings. The number of ether oxygens (including phenoxy) is 1. The van der Waals surface area contributed by atoms with Gasteiger partial charge in [-0.2, -0.15) is 0 Å². The van der Waals surface area contributed by atoms with E-state index >= 15 is 0 Å². The van der Waals surface area contributed by atoms with Crippen LogP contribution in [-0.2, 0) is 14.6 Å². The fourth-order valence-corrected chi connectivity index (χ4v) is 5.06. The lowest BCUT2D eigenvalue weighted by atomic mass is 9.85. The largest absolute Gasteiger partial charge is 0.380 e. The molecular weight excluding hydrogens is 188 g/mol. The highest BCUT2D eigenvalue weighted by molar-refractivity contribution is 7.92. The third-order valence-corrected chi connectivity index (χ3v) is 5.62. The first kappa shape index (κ1) is 9.46. The Morgan fingerprint density at radius 3 is 2.62 bits per heavy atom. The fraction of sp³-hybridized carbons (Fsp3) is 1.00. The Morgan fingerprint density at radius 1 is 1.31 bits per heavy atom. The van der Waals surface area contributed by atoms with Crippen LogP contribution in [0.2, 0.25) is 0 Å². The first-order chi connectivity index (χ1) is 6.02. The van der Waals surface area contributed by atoms with Crippen molar-refractivity contribution in [3.63, 3.8) is 0 Å². The van der Waals surface area contributed by atoms with Gasteiger partial charge in [0.05, 0.1) is 24.2 Å². The topological polar surface area (TPSA) is 43.4 Å². The summed E-state index contributed by atoms with van der Waals surface area (Å²) in [5.74, 6) is 1.41. The quantitative estimate of drug-likeness (QED) is 0.631. The average Bonchev–Trinajstić information content (AvgIpc) is 2.53. The number of hydrogen-bond acceptors (Lipinski definition) is 3. The molecule has 0 spiro atoms. The second kappa shape index (κ2) is 2.95. The van der Waals surface area contributed by atoms with Gasteiger partial charge in [-0.15, -0.1) is 0 Å². The summed E-state index contributed by atoms with van der Waals surface area (Å²) in [5, 5.41) is -0.195. The molecular formula is C9H16O3S. The summed E-state index contributed by atoms with van der Waals surface area (Å²) in [6.45, 7) is 5.27. The Kier molecular flexibility index (Phi) is 2.15. The highest BCUT2D eigenvalue weighted by Gasteiger charge is 2.50. The molecule has 2 saturated heterocycles. The van der Waals surface area contributed by atoms with Gasteiger partial charge in [0.15, 0.2) is 9.84 Å². The zero-order chi connectivity index (χ0) is 9.64. The molecule has 2 rings (SSSR count). The Hall–Kier alpha value is -0.0900. The van der Waals surface area contributed by atoms with Crippen LogP contribution < -0.4 is 0 Å². The highest BCUT2D eigenvalue weighted by Crippen LogP contribution is 2.40. The predicted molar refractivity (Wildman–Crippen MR) is 50.2 cm³/mol. The first-order valence-corrected chi connectivity index (χ1v) is 6.53. The van der Waals surface area contributed by atoms with Crippen LogP contribution >= 0.6 is 0 Å². The number of hydrogen-bond donors (Lipinski definition) is 0. The molecule has 2 heterocycles. The third kappa shape index (κ3) is 1.40. The molecule has 0 aliphatic carbocycles. The highest BCUT2D eigenvalue weighted by atomic mass is 32.2. The van der Waals surface area contributed by atoms with E-state index < -0.39 is 9.84 Å². The molecule has 2 fully saturated rings. The van der Waals surface area contributed by atoms with Gasteiger partial charge in [-0.1, -0.05) is 13.8 Å². The maximum Gasteiger partial charge on any atom is 0.156 e. The number of rotatable bonds is 1. The lowest BCUT2D eigenvalue weighted by Crippen LogP contribution is -2.23. The fourth-order valence-electron chi connectivity index (χ4n) is 2.52. The Labute approximate surface area is 79.4 Å². The summed E-state index contributed by atoms with van der Waals surface area (Å²) in [4.78, 5) is 0. The number of sulfone groups is 1. The van der Waals surface area contributed by atoms with E-state index in [1.165, 1.54) is 0 Å². The van der Waals surface area contributed by atoms with E-state index in [0.29, 0.717) is 30.8 Å². The SMILES string of the molecule is CC(C)C1CS(=O)(=O)C2COCC12. The van der Waals surface area contributed by atoms with E-state index in [1.807, 2.05) is 0 Å². The second-order valence-corrected chi connectivity index (χ2v) is 6.74. The van der Waals surface area contributed by atoms with Crippen LogP contribution in [0.4, 0.5) is 0 Å². The van der Waals surface area contributed by atoms with E-state index in [1.54, 1.807) is 0 Å². The minimum absolute atomic E-state index is 0.195. The van der Waals surface area contributed by atoms with Crippen molar-refractivity contribution >= 4 is 9.84 Å². The van der Waals surface area contributed by atoms with Gasteiger partial charge in [-0.25, -0.2) is 8.42 Å². The molecule has 3 unspecified atom stereocenters. The van der Waals surface area contributed by atoms with Gasteiger partial charge in [0.1, 0.15) is 0 Å². The molecule has 76 valence electrons. The standard InChI is InChI=1S/C9H16O3S/c1-6(2)8-5-13(10,11)9-4-12-3-7(8)9/h6-9H,3-5H2,1-2H3. The van der Waals surface area contributed by atoms with E-state index in [4.69, 9.17) is 4.74 Å². The molecule has 0 radical (unpaired) electrons. The molecule has 0 bridgehead atoms. The molecule has 0 N–H and O–H groups in total. The normalized spacial score (nSPS) is 42.5. The van der Waals surface area contributed by atoms with Crippen LogP contribution in [0.3, 0.4) is 0 Å². The van der Waals surface area contributed by atoms with Gasteiger partial charge in [-0.3, -0.25) is 0 Å². The molecule has 0 aromatic carbocycles. The maximum absolute atomic E-state index is 11.7. The van der Waals surface area contributed by atoms with Gasteiger partial charge >= 0.3 is 0 Å². The Bertz CT molecular complexity index is 294. The number of fused-ring (bicyclic) bond motifs is 1. The molecule has 2 aliphatic heterocycles. The van der Waals surface area contributed by atoms with Gasteiger partial charge in [0, 0.05) is 5.92 Å². The minimum Gasteiger partial charge on any atom is -0.380 e. The molecule has 0 aromatic rings. The third-order valence-electron chi connectivity index (χ3n) is 3.36. The van der Waals surface area contributed by atoms with Crippen LogP contribution in [0, 0.1) is 17.8 Å². The van der Waals surface area contributed by atoms with Crippen molar-refractivity contribution in [2.24, 2.45) is 17.8 Å². The van der Waals surface area contributed by atoms with Crippen LogP contribution in [0.25, 0.3) is 0 Å². The Balaban J connectivity index is 2.28. The van der Waals surface area contributed by atoms with Crippen molar-refractivity contribution in [3.8, 4) is 0 Å². The van der Waals surface area contributed by atoms with Crippen molar-refractivity contribution in [2.75, 3.05) is 19.0 Å². The van der Waals surface area contributed by atoms with Gasteiger partial charge in [-0.05, 0) is 11.8 Å². The van der Waals surface area contributed by atoms with Crippen LogP contribution in [0.15, 0.2) is 0 Å². The summed E-state index contributed by atoms with van der Waals surface area (Å²) < 4.78 is 28.6. The van der Waals surface area contributed by atoms with Gasteiger partial charge < -0.3 is 4.74 Å². The van der Waals surface area contributed by atoms with E-state index in [2.05, 4.69) is 13.8 Å². The van der Waals surface area contributed by atoms with Crippen molar-refractivity contribution in [3.05, 3.63) is 0 Å². The molecule has 0 amide bonds. The summed E-state index contributed by atoms with van der Waals surface area (Å²) >= 11 is 0. The molecule has 0 saturated carbocycles. The zero-order valence-electron chi connectivity index (χ0n) is 8.06. The van der Waals surface area contributed by atoms with Gasteiger partial charge in [0.2, 0.25) is 0 Å². The predicted octanol–water partition coefficient (Wildman–Crippen LogP) is 0.702. The second-order valence-electron chi connectivity index (χ2n) is 4.48. The molecule has 13 heavy (non-hydrogen) atoms. The van der Waals surface area contributed by atoms with E-state index in [-0.39, 0.29) is 11.2 Å². The molecule has 0 aromatic heterocycles. The monoisotopic (exact) mass is 204 g/mol. The molecule has 4 heteroatoms. The van der Waals surface area contributed by atoms with Crippen LogP contribution in [0.5, 0.6) is 0 Å². The lowest BCUT2D eigenvalue weighted by Gasteiger charge is -2.18. The van der Waals surface area contributed by atoms with Gasteiger partial charge in [0.25, 0.3) is 0 Å². The van der Waals surface area contributed by atoms with E-state index in [9.17, 15) is 8.42 Å².